The van der Waals surface area contributed by atoms with Gasteiger partial charge in [0.1, 0.15) is 4.21 Å². The summed E-state index contributed by atoms with van der Waals surface area (Å²) in [7, 11) is -3.35. The summed E-state index contributed by atoms with van der Waals surface area (Å²) in [4.78, 5) is 0.884. The summed E-state index contributed by atoms with van der Waals surface area (Å²) in [6, 6.07) is 3.43. The van der Waals surface area contributed by atoms with Crippen molar-refractivity contribution in [2.45, 2.75) is 37.3 Å². The summed E-state index contributed by atoms with van der Waals surface area (Å²) in [5.41, 5.74) is 0. The first kappa shape index (κ1) is 16.0. The van der Waals surface area contributed by atoms with E-state index in [1.165, 1.54) is 11.3 Å². The fourth-order valence-electron chi connectivity index (χ4n) is 1.57. The fraction of sp³-hybridized carbons (Fsp3) is 0.667. The van der Waals surface area contributed by atoms with Gasteiger partial charge in [0.15, 0.2) is 0 Å². The molecule has 0 bridgehead atoms. The molecule has 1 atom stereocenters. The lowest BCUT2D eigenvalue weighted by Gasteiger charge is -2.22. The van der Waals surface area contributed by atoms with Crippen LogP contribution in [0, 0.1) is 5.92 Å². The lowest BCUT2D eigenvalue weighted by molar-refractivity contribution is 0.362. The van der Waals surface area contributed by atoms with Crippen molar-refractivity contribution in [3.8, 4) is 0 Å². The zero-order chi connectivity index (χ0) is 13.8. The Balaban J connectivity index is 2.95. The van der Waals surface area contributed by atoms with Gasteiger partial charge in [0.25, 0.3) is 10.0 Å². The Morgan fingerprint density at radius 2 is 2.06 bits per heavy atom. The summed E-state index contributed by atoms with van der Waals surface area (Å²) >= 11 is 6.97. The smallest absolute Gasteiger partial charge is 0.206 e. The van der Waals surface area contributed by atoms with Crippen LogP contribution in [0.3, 0.4) is 0 Å². The van der Waals surface area contributed by atoms with Gasteiger partial charge in [-0.3, -0.25) is 0 Å². The van der Waals surface area contributed by atoms with Crippen molar-refractivity contribution in [2.24, 2.45) is 5.92 Å². The summed E-state index contributed by atoms with van der Waals surface area (Å²) in [5, 5.41) is 0. The van der Waals surface area contributed by atoms with E-state index in [1.807, 2.05) is 6.92 Å². The number of nitrogens with zero attached hydrogens (tertiary/aromatic N) is 1. The Bertz CT molecular complexity index is 470. The summed E-state index contributed by atoms with van der Waals surface area (Å²) in [6.07, 6.45) is 0.976. The summed E-state index contributed by atoms with van der Waals surface area (Å²) in [6.45, 7) is 7.08. The van der Waals surface area contributed by atoms with Gasteiger partial charge in [0.2, 0.25) is 0 Å². The monoisotopic (exact) mass is 309 g/mol. The number of hydrogen-bond donors (Lipinski definition) is 0. The molecule has 0 aliphatic heterocycles. The highest BCUT2D eigenvalue weighted by atomic mass is 35.5. The normalized spacial score (nSPS) is 14.1. The molecular weight excluding hydrogens is 290 g/mol. The summed E-state index contributed by atoms with van der Waals surface area (Å²) < 4.78 is 26.8. The minimum absolute atomic E-state index is 0.359. The average Bonchev–Trinajstić information content (AvgIpc) is 2.84. The maximum atomic E-state index is 12.4. The Morgan fingerprint density at radius 1 is 1.39 bits per heavy atom. The molecule has 0 N–H and O–H groups in total. The molecule has 0 fully saturated rings. The highest BCUT2D eigenvalue weighted by Crippen LogP contribution is 2.26. The fourth-order valence-corrected chi connectivity index (χ4v) is 4.75. The molecule has 0 saturated carbocycles. The largest absolute Gasteiger partial charge is 0.252 e. The molecule has 1 aromatic heterocycles. The Hall–Kier alpha value is -0.100. The van der Waals surface area contributed by atoms with Crippen LogP contribution in [-0.2, 0) is 15.9 Å². The molecule has 0 aliphatic rings. The van der Waals surface area contributed by atoms with Crippen LogP contribution in [0.25, 0.3) is 0 Å². The van der Waals surface area contributed by atoms with Gasteiger partial charge >= 0.3 is 0 Å². The van der Waals surface area contributed by atoms with Crippen LogP contribution in [0.15, 0.2) is 16.3 Å². The molecule has 1 aromatic rings. The third kappa shape index (κ3) is 3.70. The lowest BCUT2D eigenvalue weighted by atomic mass is 10.1. The Morgan fingerprint density at radius 3 is 2.50 bits per heavy atom. The first-order valence-corrected chi connectivity index (χ1v) is 8.89. The van der Waals surface area contributed by atoms with Crippen molar-refractivity contribution in [3.63, 3.8) is 0 Å². The molecule has 0 saturated heterocycles. The van der Waals surface area contributed by atoms with Crippen molar-refractivity contribution in [3.05, 3.63) is 17.0 Å². The number of sulfonamides is 1. The number of hydrogen-bond acceptors (Lipinski definition) is 3. The second-order valence-electron chi connectivity index (χ2n) is 4.32. The average molecular weight is 310 g/mol. The molecule has 3 nitrogen and oxygen atoms in total. The molecule has 18 heavy (non-hydrogen) atoms. The molecule has 1 rings (SSSR count). The molecular formula is C12H20ClNO2S2. The second-order valence-corrected chi connectivity index (χ2v) is 7.92. The minimum atomic E-state index is -3.35. The van der Waals surface area contributed by atoms with E-state index in [0.717, 1.165) is 11.3 Å². The van der Waals surface area contributed by atoms with E-state index < -0.39 is 10.0 Å². The first-order chi connectivity index (χ1) is 8.45. The zero-order valence-electron chi connectivity index (χ0n) is 11.0. The number of alkyl halides is 1. The standard InChI is InChI=1S/C12H20ClNO2S2/c1-4-10(3)9-14(5-2)18(15,16)12-7-6-11(8-13)17-12/h6-7,10H,4-5,8-9H2,1-3H3. The van der Waals surface area contributed by atoms with Crippen LogP contribution in [0.2, 0.25) is 0 Å². The van der Waals surface area contributed by atoms with E-state index in [4.69, 9.17) is 11.6 Å². The molecule has 104 valence electrons. The van der Waals surface area contributed by atoms with Gasteiger partial charge in [0.05, 0.1) is 5.88 Å². The third-order valence-corrected chi connectivity index (χ3v) is 6.87. The highest BCUT2D eigenvalue weighted by Gasteiger charge is 2.25. The van der Waals surface area contributed by atoms with Gasteiger partial charge in [-0.1, -0.05) is 27.2 Å². The molecule has 1 heterocycles. The van der Waals surface area contributed by atoms with E-state index in [1.54, 1.807) is 16.4 Å². The Labute approximate surface area is 119 Å². The summed E-state index contributed by atoms with van der Waals surface area (Å²) in [5.74, 6) is 0.727. The first-order valence-electron chi connectivity index (χ1n) is 6.10. The highest BCUT2D eigenvalue weighted by molar-refractivity contribution is 7.91. The van der Waals surface area contributed by atoms with Crippen LogP contribution < -0.4 is 0 Å². The molecule has 6 heteroatoms. The number of halogens is 1. The minimum Gasteiger partial charge on any atom is -0.206 e. The van der Waals surface area contributed by atoms with Gasteiger partial charge in [-0.05, 0) is 18.1 Å². The van der Waals surface area contributed by atoms with E-state index in [0.29, 0.717) is 29.1 Å². The van der Waals surface area contributed by atoms with E-state index in [9.17, 15) is 8.42 Å². The van der Waals surface area contributed by atoms with E-state index in [-0.39, 0.29) is 0 Å². The van der Waals surface area contributed by atoms with Gasteiger partial charge in [0, 0.05) is 18.0 Å². The SMILES string of the molecule is CCC(C)CN(CC)S(=O)(=O)c1ccc(CCl)s1. The van der Waals surface area contributed by atoms with Crippen molar-refractivity contribution in [2.75, 3.05) is 13.1 Å². The maximum Gasteiger partial charge on any atom is 0.252 e. The van der Waals surface area contributed by atoms with Crippen LogP contribution in [0.1, 0.15) is 32.1 Å². The lowest BCUT2D eigenvalue weighted by Crippen LogP contribution is -2.34. The van der Waals surface area contributed by atoms with Crippen LogP contribution in [0.4, 0.5) is 0 Å². The topological polar surface area (TPSA) is 37.4 Å². The predicted octanol–water partition coefficient (Wildman–Crippen LogP) is 3.54. The predicted molar refractivity (Wildman–Crippen MR) is 77.8 cm³/mol. The van der Waals surface area contributed by atoms with E-state index >= 15 is 0 Å². The van der Waals surface area contributed by atoms with Crippen LogP contribution in [0.5, 0.6) is 0 Å². The third-order valence-electron chi connectivity index (χ3n) is 2.93. The van der Waals surface area contributed by atoms with E-state index in [2.05, 4.69) is 13.8 Å². The quantitative estimate of drug-likeness (QED) is 0.722. The van der Waals surface area contributed by atoms with Crippen LogP contribution in [-0.4, -0.2) is 25.8 Å². The molecule has 0 spiro atoms. The second kappa shape index (κ2) is 6.89. The molecule has 0 amide bonds. The van der Waals surface area contributed by atoms with Crippen molar-refractivity contribution >= 4 is 33.0 Å². The molecule has 0 aliphatic carbocycles. The molecule has 1 unspecified atom stereocenters. The number of thiophene rings is 1. The van der Waals surface area contributed by atoms with Crippen LogP contribution >= 0.6 is 22.9 Å². The maximum absolute atomic E-state index is 12.4. The van der Waals surface area contributed by atoms with Crippen molar-refractivity contribution in [1.29, 1.82) is 0 Å². The zero-order valence-corrected chi connectivity index (χ0v) is 13.4. The van der Waals surface area contributed by atoms with Crippen molar-refractivity contribution in [1.82, 2.24) is 4.31 Å². The van der Waals surface area contributed by atoms with Gasteiger partial charge in [-0.15, -0.1) is 22.9 Å². The van der Waals surface area contributed by atoms with Gasteiger partial charge < -0.3 is 0 Å². The Kier molecular flexibility index (Phi) is 6.11. The molecule has 0 aromatic carbocycles. The van der Waals surface area contributed by atoms with Gasteiger partial charge in [-0.2, -0.15) is 4.31 Å². The van der Waals surface area contributed by atoms with Crippen molar-refractivity contribution < 1.29 is 8.42 Å². The number of rotatable bonds is 7. The molecule has 0 radical (unpaired) electrons. The van der Waals surface area contributed by atoms with Gasteiger partial charge in [-0.25, -0.2) is 8.42 Å².